The summed E-state index contributed by atoms with van der Waals surface area (Å²) in [5, 5.41) is 3.28. The first kappa shape index (κ1) is 14.1. The van der Waals surface area contributed by atoms with Crippen LogP contribution >= 0.6 is 0 Å². The molecular weight excluding hydrogens is 220 g/mol. The molecule has 3 heteroatoms. The van der Waals surface area contributed by atoms with E-state index in [4.69, 9.17) is 0 Å². The van der Waals surface area contributed by atoms with E-state index in [-0.39, 0.29) is 17.0 Å². The van der Waals surface area contributed by atoms with Crippen molar-refractivity contribution < 1.29 is 8.78 Å². The number of hydrogen-bond acceptors (Lipinski definition) is 1. The van der Waals surface area contributed by atoms with Crippen LogP contribution in [0.2, 0.25) is 0 Å². The van der Waals surface area contributed by atoms with Crippen molar-refractivity contribution in [2.45, 2.75) is 39.0 Å². The number of rotatable bonds is 6. The minimum absolute atomic E-state index is 0.327. The standard InChI is InChI=1S/C14H21F2N/c1-4-8-17-9-7-14(2,3)12-10-11(15)5-6-13(12)16/h5-6,10,17H,4,7-9H2,1-3H3. The Kier molecular flexibility index (Phi) is 5.06. The van der Waals surface area contributed by atoms with E-state index in [0.29, 0.717) is 5.56 Å². The Morgan fingerprint density at radius 2 is 1.88 bits per heavy atom. The van der Waals surface area contributed by atoms with Crippen molar-refractivity contribution in [2.24, 2.45) is 0 Å². The molecule has 0 spiro atoms. The molecule has 1 rings (SSSR count). The molecular formula is C14H21F2N. The van der Waals surface area contributed by atoms with Gasteiger partial charge in [0.2, 0.25) is 0 Å². The largest absolute Gasteiger partial charge is 0.317 e. The highest BCUT2D eigenvalue weighted by Crippen LogP contribution is 2.29. The molecule has 0 radical (unpaired) electrons. The predicted octanol–water partition coefficient (Wildman–Crippen LogP) is 3.63. The van der Waals surface area contributed by atoms with Gasteiger partial charge in [-0.1, -0.05) is 20.8 Å². The van der Waals surface area contributed by atoms with E-state index in [2.05, 4.69) is 12.2 Å². The van der Waals surface area contributed by atoms with E-state index >= 15 is 0 Å². The molecule has 1 aromatic carbocycles. The van der Waals surface area contributed by atoms with Gasteiger partial charge in [0.1, 0.15) is 11.6 Å². The summed E-state index contributed by atoms with van der Waals surface area (Å²) in [6.45, 7) is 7.76. The fraction of sp³-hybridized carbons (Fsp3) is 0.571. The minimum Gasteiger partial charge on any atom is -0.317 e. The average molecular weight is 241 g/mol. The molecule has 0 amide bonds. The number of nitrogens with one attached hydrogen (secondary N) is 1. The lowest BCUT2D eigenvalue weighted by molar-refractivity contribution is 0.430. The first-order valence-corrected chi connectivity index (χ1v) is 6.13. The topological polar surface area (TPSA) is 12.0 Å². The number of hydrogen-bond donors (Lipinski definition) is 1. The van der Waals surface area contributed by atoms with E-state index in [1.165, 1.54) is 12.1 Å². The maximum atomic E-state index is 13.7. The van der Waals surface area contributed by atoms with E-state index in [9.17, 15) is 8.78 Å². The van der Waals surface area contributed by atoms with Crippen LogP contribution in [0.3, 0.4) is 0 Å². The maximum absolute atomic E-state index is 13.7. The quantitative estimate of drug-likeness (QED) is 0.750. The molecule has 0 saturated heterocycles. The van der Waals surface area contributed by atoms with Gasteiger partial charge in [-0.15, -0.1) is 0 Å². The van der Waals surface area contributed by atoms with Crippen molar-refractivity contribution in [3.63, 3.8) is 0 Å². The zero-order valence-electron chi connectivity index (χ0n) is 10.8. The third-order valence-electron chi connectivity index (χ3n) is 3.01. The molecule has 1 aromatic rings. The van der Waals surface area contributed by atoms with Crippen LogP contribution in [0.25, 0.3) is 0 Å². The maximum Gasteiger partial charge on any atom is 0.127 e. The third-order valence-corrected chi connectivity index (χ3v) is 3.01. The Balaban J connectivity index is 2.71. The van der Waals surface area contributed by atoms with E-state index < -0.39 is 0 Å². The molecule has 1 N–H and O–H groups in total. The van der Waals surface area contributed by atoms with E-state index in [1.54, 1.807) is 0 Å². The van der Waals surface area contributed by atoms with Crippen molar-refractivity contribution >= 4 is 0 Å². The predicted molar refractivity (Wildman–Crippen MR) is 67.2 cm³/mol. The van der Waals surface area contributed by atoms with Gasteiger partial charge in [-0.05, 0) is 55.1 Å². The lowest BCUT2D eigenvalue weighted by Crippen LogP contribution is -2.27. The molecule has 0 bridgehead atoms. The summed E-state index contributed by atoms with van der Waals surface area (Å²) in [5.41, 5.74) is 0.100. The summed E-state index contributed by atoms with van der Waals surface area (Å²) in [4.78, 5) is 0. The van der Waals surface area contributed by atoms with Gasteiger partial charge < -0.3 is 5.32 Å². The molecule has 0 heterocycles. The van der Waals surface area contributed by atoms with Gasteiger partial charge >= 0.3 is 0 Å². The summed E-state index contributed by atoms with van der Waals surface area (Å²) in [5.74, 6) is -0.706. The second kappa shape index (κ2) is 6.10. The summed E-state index contributed by atoms with van der Waals surface area (Å²) >= 11 is 0. The van der Waals surface area contributed by atoms with Crippen molar-refractivity contribution in [1.29, 1.82) is 0 Å². The van der Waals surface area contributed by atoms with Gasteiger partial charge in [-0.2, -0.15) is 0 Å². The Labute approximate surface area is 102 Å². The second-order valence-electron chi connectivity index (χ2n) is 5.01. The molecule has 0 aliphatic rings. The molecule has 96 valence electrons. The Bertz CT molecular complexity index is 361. The van der Waals surface area contributed by atoms with Gasteiger partial charge in [0.25, 0.3) is 0 Å². The summed E-state index contributed by atoms with van der Waals surface area (Å²) < 4.78 is 26.8. The van der Waals surface area contributed by atoms with Crippen LogP contribution in [0.5, 0.6) is 0 Å². The number of halogens is 2. The van der Waals surface area contributed by atoms with Gasteiger partial charge in [-0.3, -0.25) is 0 Å². The Morgan fingerprint density at radius 3 is 2.53 bits per heavy atom. The molecule has 0 saturated carbocycles. The fourth-order valence-electron chi connectivity index (χ4n) is 1.85. The smallest absolute Gasteiger partial charge is 0.127 e. The van der Waals surface area contributed by atoms with Crippen molar-refractivity contribution in [2.75, 3.05) is 13.1 Å². The van der Waals surface area contributed by atoms with E-state index in [0.717, 1.165) is 32.0 Å². The molecule has 0 unspecified atom stereocenters. The molecule has 0 aromatic heterocycles. The summed E-state index contributed by atoms with van der Waals surface area (Å²) in [6.07, 6.45) is 1.86. The van der Waals surface area contributed by atoms with Crippen molar-refractivity contribution in [3.05, 3.63) is 35.4 Å². The van der Waals surface area contributed by atoms with Crippen LogP contribution < -0.4 is 5.32 Å². The van der Waals surface area contributed by atoms with Crippen molar-refractivity contribution in [1.82, 2.24) is 5.32 Å². The number of benzene rings is 1. The molecule has 0 fully saturated rings. The lowest BCUT2D eigenvalue weighted by Gasteiger charge is -2.26. The monoisotopic (exact) mass is 241 g/mol. The third kappa shape index (κ3) is 4.08. The van der Waals surface area contributed by atoms with Crippen LogP contribution in [0.4, 0.5) is 8.78 Å². The normalized spacial score (nSPS) is 11.8. The van der Waals surface area contributed by atoms with Crippen LogP contribution in [0, 0.1) is 11.6 Å². The van der Waals surface area contributed by atoms with Crippen molar-refractivity contribution in [3.8, 4) is 0 Å². The van der Waals surface area contributed by atoms with Crippen LogP contribution in [0.1, 0.15) is 39.2 Å². The molecule has 1 nitrogen and oxygen atoms in total. The lowest BCUT2D eigenvalue weighted by atomic mass is 9.81. The zero-order chi connectivity index (χ0) is 12.9. The highest BCUT2D eigenvalue weighted by Gasteiger charge is 2.24. The molecule has 17 heavy (non-hydrogen) atoms. The van der Waals surface area contributed by atoms with E-state index in [1.807, 2.05) is 13.8 Å². The summed E-state index contributed by atoms with van der Waals surface area (Å²) in [7, 11) is 0. The highest BCUT2D eigenvalue weighted by molar-refractivity contribution is 5.26. The minimum atomic E-state index is -0.379. The highest BCUT2D eigenvalue weighted by atomic mass is 19.1. The Morgan fingerprint density at radius 1 is 1.18 bits per heavy atom. The molecule has 0 atom stereocenters. The van der Waals surface area contributed by atoms with Gasteiger partial charge in [0, 0.05) is 0 Å². The van der Waals surface area contributed by atoms with Gasteiger partial charge in [0.05, 0.1) is 0 Å². The zero-order valence-corrected chi connectivity index (χ0v) is 10.8. The SMILES string of the molecule is CCCNCCC(C)(C)c1cc(F)ccc1F. The average Bonchev–Trinajstić information content (AvgIpc) is 2.28. The summed E-state index contributed by atoms with van der Waals surface area (Å²) in [6, 6.07) is 3.66. The van der Waals surface area contributed by atoms with Crippen LogP contribution in [-0.2, 0) is 5.41 Å². The van der Waals surface area contributed by atoms with Crippen LogP contribution in [0.15, 0.2) is 18.2 Å². The van der Waals surface area contributed by atoms with Crippen LogP contribution in [-0.4, -0.2) is 13.1 Å². The van der Waals surface area contributed by atoms with Gasteiger partial charge in [0.15, 0.2) is 0 Å². The second-order valence-corrected chi connectivity index (χ2v) is 5.01. The first-order valence-electron chi connectivity index (χ1n) is 6.13. The fourth-order valence-corrected chi connectivity index (χ4v) is 1.85. The molecule has 0 aliphatic heterocycles. The molecule has 0 aliphatic carbocycles. The Hall–Kier alpha value is -0.960. The first-order chi connectivity index (χ1) is 7.97. The van der Waals surface area contributed by atoms with Gasteiger partial charge in [-0.25, -0.2) is 8.78 Å².